The number of aromatic nitrogens is 1. The molecular formula is C11H14N2O3S. The molecule has 1 atom stereocenters. The predicted molar refractivity (Wildman–Crippen MR) is 65.2 cm³/mol. The minimum absolute atomic E-state index is 0.282. The van der Waals surface area contributed by atoms with E-state index in [0.717, 1.165) is 0 Å². The summed E-state index contributed by atoms with van der Waals surface area (Å²) in [6.07, 6.45) is 1.63. The Labute approximate surface area is 104 Å². The van der Waals surface area contributed by atoms with Gasteiger partial charge in [-0.25, -0.2) is 4.79 Å². The molecule has 0 saturated heterocycles. The van der Waals surface area contributed by atoms with Crippen LogP contribution in [0, 0.1) is 4.64 Å². The average molecular weight is 254 g/mol. The second-order valence-electron chi connectivity index (χ2n) is 3.36. The lowest BCUT2D eigenvalue weighted by Crippen LogP contribution is -2.39. The zero-order chi connectivity index (χ0) is 12.8. The largest absolute Gasteiger partial charge is 0.464 e. The number of rotatable bonds is 4. The number of carbonyl (C=O) groups excluding carboxylic acids is 2. The number of hydrogen-bond donors (Lipinski definition) is 2. The first-order chi connectivity index (χ1) is 8.06. The van der Waals surface area contributed by atoms with Crippen LogP contribution in [0.25, 0.3) is 0 Å². The van der Waals surface area contributed by atoms with Gasteiger partial charge in [-0.15, -0.1) is 0 Å². The lowest BCUT2D eigenvalue weighted by molar-refractivity contribution is -0.144. The van der Waals surface area contributed by atoms with Crippen molar-refractivity contribution in [2.45, 2.75) is 19.9 Å². The molecule has 0 aliphatic heterocycles. The van der Waals surface area contributed by atoms with Crippen LogP contribution in [0.1, 0.15) is 24.2 Å². The third kappa shape index (κ3) is 3.67. The first-order valence-electron chi connectivity index (χ1n) is 5.21. The summed E-state index contributed by atoms with van der Waals surface area (Å²) in [4.78, 5) is 25.8. The second-order valence-corrected chi connectivity index (χ2v) is 3.77. The van der Waals surface area contributed by atoms with Crippen molar-refractivity contribution in [1.82, 2.24) is 10.3 Å². The smallest absolute Gasteiger partial charge is 0.328 e. The molecule has 0 saturated carbocycles. The number of esters is 1. The maximum Gasteiger partial charge on any atom is 0.328 e. The van der Waals surface area contributed by atoms with Gasteiger partial charge < -0.3 is 15.0 Å². The Morgan fingerprint density at radius 1 is 1.59 bits per heavy atom. The predicted octanol–water partition coefficient (Wildman–Crippen LogP) is 1.43. The fraction of sp³-hybridized carbons (Fsp3) is 0.364. The Bertz CT molecular complexity index is 470. The summed E-state index contributed by atoms with van der Waals surface area (Å²) >= 11 is 4.97. The lowest BCUT2D eigenvalue weighted by Gasteiger charge is -2.12. The van der Waals surface area contributed by atoms with Gasteiger partial charge in [0.2, 0.25) is 0 Å². The van der Waals surface area contributed by atoms with Crippen LogP contribution in [0.3, 0.4) is 0 Å². The summed E-state index contributed by atoms with van der Waals surface area (Å²) in [5, 5.41) is 2.52. The third-order valence-corrected chi connectivity index (χ3v) is 2.39. The molecule has 0 bridgehead atoms. The van der Waals surface area contributed by atoms with E-state index in [9.17, 15) is 9.59 Å². The Hall–Kier alpha value is -1.69. The van der Waals surface area contributed by atoms with Crippen molar-refractivity contribution in [2.75, 3.05) is 6.61 Å². The third-order valence-electron chi connectivity index (χ3n) is 2.05. The van der Waals surface area contributed by atoms with Gasteiger partial charge >= 0.3 is 5.97 Å². The van der Waals surface area contributed by atoms with E-state index in [4.69, 9.17) is 17.0 Å². The molecule has 2 N–H and O–H groups in total. The Kier molecular flexibility index (Phi) is 4.84. The molecule has 0 aromatic carbocycles. The normalized spacial score (nSPS) is 11.6. The number of amides is 1. The van der Waals surface area contributed by atoms with Crippen molar-refractivity contribution in [3.63, 3.8) is 0 Å². The molecule has 6 heteroatoms. The van der Waals surface area contributed by atoms with Crippen molar-refractivity contribution in [3.05, 3.63) is 28.5 Å². The summed E-state index contributed by atoms with van der Waals surface area (Å²) in [6.45, 7) is 3.55. The SMILES string of the molecule is CCOC(=O)[C@H](C)NC(=O)c1ccc[nH]c1=S. The molecule has 92 valence electrons. The zero-order valence-electron chi connectivity index (χ0n) is 9.65. The number of pyridine rings is 1. The van der Waals surface area contributed by atoms with E-state index in [1.165, 1.54) is 0 Å². The monoisotopic (exact) mass is 254 g/mol. The van der Waals surface area contributed by atoms with E-state index < -0.39 is 17.9 Å². The van der Waals surface area contributed by atoms with Gasteiger partial charge in [-0.1, -0.05) is 12.2 Å². The van der Waals surface area contributed by atoms with E-state index in [1.54, 1.807) is 32.2 Å². The van der Waals surface area contributed by atoms with Gasteiger partial charge in [0.15, 0.2) is 0 Å². The summed E-state index contributed by atoms with van der Waals surface area (Å²) in [6, 6.07) is 2.56. The first kappa shape index (κ1) is 13.4. The van der Waals surface area contributed by atoms with E-state index >= 15 is 0 Å². The standard InChI is InChI=1S/C11H14N2O3S/c1-3-16-11(15)7(2)13-9(14)8-5-4-6-12-10(8)17/h4-7H,3H2,1-2H3,(H,12,17)(H,13,14)/t7-/m0/s1. The van der Waals surface area contributed by atoms with Crippen LogP contribution in [0.4, 0.5) is 0 Å². The summed E-state index contributed by atoms with van der Waals surface area (Å²) in [7, 11) is 0. The van der Waals surface area contributed by atoms with Gasteiger partial charge in [0.1, 0.15) is 10.7 Å². The highest BCUT2D eigenvalue weighted by Gasteiger charge is 2.17. The summed E-state index contributed by atoms with van der Waals surface area (Å²) < 4.78 is 5.12. The molecular weight excluding hydrogens is 240 g/mol. The van der Waals surface area contributed by atoms with Crippen molar-refractivity contribution in [2.24, 2.45) is 0 Å². The fourth-order valence-electron chi connectivity index (χ4n) is 1.20. The summed E-state index contributed by atoms with van der Waals surface area (Å²) in [5.74, 6) is -0.862. The molecule has 1 aromatic heterocycles. The highest BCUT2D eigenvalue weighted by Crippen LogP contribution is 2.00. The second kappa shape index (κ2) is 6.15. The van der Waals surface area contributed by atoms with Crippen LogP contribution in [0.2, 0.25) is 0 Å². The van der Waals surface area contributed by atoms with Crippen LogP contribution in [-0.2, 0) is 9.53 Å². The molecule has 0 fully saturated rings. The zero-order valence-corrected chi connectivity index (χ0v) is 10.5. The molecule has 0 aliphatic carbocycles. The topological polar surface area (TPSA) is 71.2 Å². The molecule has 5 nitrogen and oxygen atoms in total. The number of hydrogen-bond acceptors (Lipinski definition) is 4. The highest BCUT2D eigenvalue weighted by molar-refractivity contribution is 7.71. The molecule has 0 radical (unpaired) electrons. The quantitative estimate of drug-likeness (QED) is 0.630. The van der Waals surface area contributed by atoms with E-state index in [1.807, 2.05) is 0 Å². The molecule has 1 rings (SSSR count). The number of nitrogens with one attached hydrogen (secondary N) is 2. The molecule has 0 spiro atoms. The number of carbonyl (C=O) groups is 2. The van der Waals surface area contributed by atoms with Crippen LogP contribution in [0.15, 0.2) is 18.3 Å². The highest BCUT2D eigenvalue weighted by atomic mass is 32.1. The fourth-order valence-corrected chi connectivity index (χ4v) is 1.43. The summed E-state index contributed by atoms with van der Waals surface area (Å²) in [5.41, 5.74) is 0.332. The van der Waals surface area contributed by atoms with Crippen molar-refractivity contribution < 1.29 is 14.3 Å². The van der Waals surface area contributed by atoms with Crippen LogP contribution in [-0.4, -0.2) is 29.5 Å². The van der Waals surface area contributed by atoms with E-state index in [2.05, 4.69) is 10.3 Å². The van der Waals surface area contributed by atoms with Crippen molar-refractivity contribution >= 4 is 24.1 Å². The first-order valence-corrected chi connectivity index (χ1v) is 5.62. The van der Waals surface area contributed by atoms with Crippen LogP contribution < -0.4 is 5.32 Å². The minimum Gasteiger partial charge on any atom is -0.464 e. The molecule has 17 heavy (non-hydrogen) atoms. The molecule has 1 aromatic rings. The molecule has 0 unspecified atom stereocenters. The van der Waals surface area contributed by atoms with Gasteiger partial charge in [-0.3, -0.25) is 4.79 Å². The van der Waals surface area contributed by atoms with Crippen molar-refractivity contribution in [3.8, 4) is 0 Å². The molecule has 0 aliphatic rings. The van der Waals surface area contributed by atoms with Gasteiger partial charge in [-0.05, 0) is 26.0 Å². The molecule has 1 heterocycles. The minimum atomic E-state index is -0.697. The van der Waals surface area contributed by atoms with Gasteiger partial charge in [0.25, 0.3) is 5.91 Å². The maximum absolute atomic E-state index is 11.8. The van der Waals surface area contributed by atoms with E-state index in [0.29, 0.717) is 10.2 Å². The van der Waals surface area contributed by atoms with Crippen LogP contribution in [0.5, 0.6) is 0 Å². The van der Waals surface area contributed by atoms with Gasteiger partial charge in [0, 0.05) is 6.20 Å². The maximum atomic E-state index is 11.8. The number of H-pyrrole nitrogens is 1. The Balaban J connectivity index is 2.70. The average Bonchev–Trinajstić information content (AvgIpc) is 2.29. The van der Waals surface area contributed by atoms with E-state index in [-0.39, 0.29) is 6.61 Å². The number of aromatic amines is 1. The Morgan fingerprint density at radius 2 is 2.29 bits per heavy atom. The molecule has 1 amide bonds. The van der Waals surface area contributed by atoms with Crippen molar-refractivity contribution in [1.29, 1.82) is 0 Å². The number of ether oxygens (including phenoxy) is 1. The lowest BCUT2D eigenvalue weighted by atomic mass is 10.2. The van der Waals surface area contributed by atoms with Crippen LogP contribution >= 0.6 is 12.2 Å². The van der Waals surface area contributed by atoms with Gasteiger partial charge in [-0.2, -0.15) is 0 Å². The van der Waals surface area contributed by atoms with Gasteiger partial charge in [0.05, 0.1) is 12.2 Å². The Morgan fingerprint density at radius 3 is 2.88 bits per heavy atom.